The molecule has 0 unspecified atom stereocenters. The van der Waals surface area contributed by atoms with E-state index in [-0.39, 0.29) is 19.7 Å². The largest absolute Gasteiger partial charge is 0.395 e. The van der Waals surface area contributed by atoms with Gasteiger partial charge in [0.15, 0.2) is 0 Å². The molecule has 0 fully saturated rings. The monoisotopic (exact) mass is 318 g/mol. The van der Waals surface area contributed by atoms with Gasteiger partial charge in [-0.15, -0.1) is 17.9 Å². The average molecular weight is 318 g/mol. The number of nitrogens with one attached hydrogen (secondary N) is 1. The maximum Gasteiger partial charge on any atom is 0.252 e. The van der Waals surface area contributed by atoms with Crippen LogP contribution in [0.2, 0.25) is 0 Å². The highest BCUT2D eigenvalue weighted by Crippen LogP contribution is 2.23. The van der Waals surface area contributed by atoms with Gasteiger partial charge in [-0.1, -0.05) is 13.0 Å². The van der Waals surface area contributed by atoms with E-state index in [9.17, 15) is 8.42 Å². The van der Waals surface area contributed by atoms with Gasteiger partial charge in [-0.2, -0.15) is 4.31 Å². The summed E-state index contributed by atoms with van der Waals surface area (Å²) in [6, 6.07) is 1.69. The number of hydrogen-bond donors (Lipinski definition) is 2. The lowest BCUT2D eigenvalue weighted by Gasteiger charge is -2.18. The summed E-state index contributed by atoms with van der Waals surface area (Å²) in [5.74, 6) is 0. The van der Waals surface area contributed by atoms with Crippen molar-refractivity contribution in [3.63, 3.8) is 0 Å². The van der Waals surface area contributed by atoms with Gasteiger partial charge in [-0.05, 0) is 30.0 Å². The van der Waals surface area contributed by atoms with Crippen LogP contribution in [0.1, 0.15) is 18.9 Å². The minimum Gasteiger partial charge on any atom is -0.395 e. The molecule has 0 amide bonds. The van der Waals surface area contributed by atoms with E-state index in [0.29, 0.717) is 10.8 Å². The number of aliphatic hydroxyl groups excluding tert-OH is 1. The molecule has 1 aromatic rings. The van der Waals surface area contributed by atoms with Crippen LogP contribution in [0.15, 0.2) is 28.3 Å². The first-order valence-corrected chi connectivity index (χ1v) is 8.88. The number of rotatable bonds is 10. The van der Waals surface area contributed by atoms with E-state index in [1.54, 1.807) is 6.07 Å². The molecule has 1 heterocycles. The Hall–Kier alpha value is -0.730. The molecule has 0 saturated heterocycles. The van der Waals surface area contributed by atoms with Crippen LogP contribution in [0, 0.1) is 0 Å². The van der Waals surface area contributed by atoms with Crippen LogP contribution >= 0.6 is 11.3 Å². The van der Waals surface area contributed by atoms with E-state index in [2.05, 4.69) is 18.8 Å². The molecular weight excluding hydrogens is 296 g/mol. The first kappa shape index (κ1) is 17.3. The van der Waals surface area contributed by atoms with Gasteiger partial charge in [0.1, 0.15) is 4.21 Å². The fraction of sp³-hybridized carbons (Fsp3) is 0.538. The molecule has 0 aliphatic heterocycles. The summed E-state index contributed by atoms with van der Waals surface area (Å²) in [4.78, 5) is 0. The Morgan fingerprint density at radius 1 is 1.55 bits per heavy atom. The molecule has 7 heteroatoms. The molecule has 0 aliphatic rings. The van der Waals surface area contributed by atoms with Gasteiger partial charge in [-0.25, -0.2) is 8.42 Å². The Kier molecular flexibility index (Phi) is 7.39. The number of hydrogen-bond acceptors (Lipinski definition) is 5. The second kappa shape index (κ2) is 8.53. The van der Waals surface area contributed by atoms with Crippen molar-refractivity contribution in [1.82, 2.24) is 9.62 Å². The minimum absolute atomic E-state index is 0.0790. The fourth-order valence-electron chi connectivity index (χ4n) is 1.68. The molecule has 114 valence electrons. The zero-order valence-electron chi connectivity index (χ0n) is 11.7. The first-order valence-electron chi connectivity index (χ1n) is 6.56. The second-order valence-corrected chi connectivity index (χ2v) is 7.40. The van der Waals surface area contributed by atoms with Crippen LogP contribution < -0.4 is 5.32 Å². The van der Waals surface area contributed by atoms with Crippen molar-refractivity contribution < 1.29 is 13.5 Å². The van der Waals surface area contributed by atoms with Gasteiger partial charge in [0.25, 0.3) is 10.0 Å². The second-order valence-electron chi connectivity index (χ2n) is 4.33. The standard InChI is InChI=1S/C13H22N2O3S2/c1-3-5-14-10-12-9-13(19-11-12)20(17,18)15(6-4-2)7-8-16/h4,9,11,14,16H,2-3,5-8,10H2,1H3. The van der Waals surface area contributed by atoms with Crippen molar-refractivity contribution >= 4 is 21.4 Å². The lowest BCUT2D eigenvalue weighted by molar-refractivity contribution is 0.260. The van der Waals surface area contributed by atoms with E-state index in [0.717, 1.165) is 18.5 Å². The van der Waals surface area contributed by atoms with Gasteiger partial charge in [0, 0.05) is 19.6 Å². The highest BCUT2D eigenvalue weighted by molar-refractivity contribution is 7.91. The third-order valence-corrected chi connectivity index (χ3v) is 5.99. The molecule has 2 N–H and O–H groups in total. The maximum absolute atomic E-state index is 12.4. The number of aliphatic hydroxyl groups is 1. The predicted octanol–water partition coefficient (Wildman–Crippen LogP) is 1.42. The summed E-state index contributed by atoms with van der Waals surface area (Å²) in [5, 5.41) is 14.1. The van der Waals surface area contributed by atoms with Gasteiger partial charge < -0.3 is 10.4 Å². The van der Waals surface area contributed by atoms with Crippen LogP contribution in [-0.2, 0) is 16.6 Å². The number of nitrogens with zero attached hydrogens (tertiary/aromatic N) is 1. The summed E-state index contributed by atoms with van der Waals surface area (Å²) in [5.41, 5.74) is 0.963. The molecule has 0 aliphatic carbocycles. The van der Waals surface area contributed by atoms with Gasteiger partial charge in [0.2, 0.25) is 0 Å². The molecule has 5 nitrogen and oxygen atoms in total. The zero-order chi connectivity index (χ0) is 15.0. The summed E-state index contributed by atoms with van der Waals surface area (Å²) >= 11 is 1.21. The Morgan fingerprint density at radius 2 is 2.30 bits per heavy atom. The maximum atomic E-state index is 12.4. The third-order valence-electron chi connectivity index (χ3n) is 2.66. The van der Waals surface area contributed by atoms with E-state index < -0.39 is 10.0 Å². The van der Waals surface area contributed by atoms with Crippen LogP contribution in [0.4, 0.5) is 0 Å². The minimum atomic E-state index is -3.54. The van der Waals surface area contributed by atoms with Crippen LogP contribution in [-0.4, -0.2) is 44.1 Å². The third kappa shape index (κ3) is 4.68. The van der Waals surface area contributed by atoms with Gasteiger partial charge in [-0.3, -0.25) is 0 Å². The Morgan fingerprint density at radius 3 is 2.90 bits per heavy atom. The Balaban J connectivity index is 2.83. The van der Waals surface area contributed by atoms with Crippen molar-refractivity contribution in [2.75, 3.05) is 26.2 Å². The van der Waals surface area contributed by atoms with Gasteiger partial charge >= 0.3 is 0 Å². The van der Waals surface area contributed by atoms with Gasteiger partial charge in [0.05, 0.1) is 6.61 Å². The van der Waals surface area contributed by atoms with Crippen molar-refractivity contribution in [3.05, 3.63) is 29.7 Å². The topological polar surface area (TPSA) is 69.6 Å². The molecule has 0 radical (unpaired) electrons. The molecule has 1 aromatic heterocycles. The van der Waals surface area contributed by atoms with Crippen LogP contribution in [0.25, 0.3) is 0 Å². The highest BCUT2D eigenvalue weighted by atomic mass is 32.2. The molecule has 0 spiro atoms. The summed E-state index contributed by atoms with van der Waals surface area (Å²) in [6.45, 7) is 7.28. The van der Waals surface area contributed by atoms with Crippen molar-refractivity contribution in [1.29, 1.82) is 0 Å². The van der Waals surface area contributed by atoms with Crippen molar-refractivity contribution in [2.45, 2.75) is 24.1 Å². The average Bonchev–Trinajstić information content (AvgIpc) is 2.88. The lowest BCUT2D eigenvalue weighted by atomic mass is 10.3. The van der Waals surface area contributed by atoms with E-state index in [4.69, 9.17) is 5.11 Å². The molecule has 0 aromatic carbocycles. The van der Waals surface area contributed by atoms with E-state index in [1.807, 2.05) is 5.38 Å². The van der Waals surface area contributed by atoms with Crippen molar-refractivity contribution in [2.24, 2.45) is 0 Å². The SMILES string of the molecule is C=CCN(CCO)S(=O)(=O)c1cc(CNCCC)cs1. The quantitative estimate of drug-likeness (QED) is 0.506. The van der Waals surface area contributed by atoms with Crippen LogP contribution in [0.3, 0.4) is 0 Å². The molecule has 1 rings (SSSR count). The molecule has 0 bridgehead atoms. The fourth-order valence-corrected chi connectivity index (χ4v) is 4.45. The Bertz CT molecular complexity index is 511. The lowest BCUT2D eigenvalue weighted by Crippen LogP contribution is -2.33. The first-order chi connectivity index (χ1) is 9.56. The molecule has 20 heavy (non-hydrogen) atoms. The summed E-state index contributed by atoms with van der Waals surface area (Å²) < 4.78 is 26.4. The summed E-state index contributed by atoms with van der Waals surface area (Å²) in [7, 11) is -3.54. The molecule has 0 atom stereocenters. The van der Waals surface area contributed by atoms with Crippen molar-refractivity contribution in [3.8, 4) is 0 Å². The van der Waals surface area contributed by atoms with E-state index >= 15 is 0 Å². The molecular formula is C13H22N2O3S2. The zero-order valence-corrected chi connectivity index (χ0v) is 13.3. The predicted molar refractivity (Wildman–Crippen MR) is 82.4 cm³/mol. The number of sulfonamides is 1. The smallest absolute Gasteiger partial charge is 0.252 e. The van der Waals surface area contributed by atoms with Crippen LogP contribution in [0.5, 0.6) is 0 Å². The normalized spacial score (nSPS) is 11.9. The molecule has 0 saturated carbocycles. The number of thiophene rings is 1. The van der Waals surface area contributed by atoms with E-state index in [1.165, 1.54) is 21.7 Å². The highest BCUT2D eigenvalue weighted by Gasteiger charge is 2.24. The summed E-state index contributed by atoms with van der Waals surface area (Å²) in [6.07, 6.45) is 2.56. The Labute approximate surface area is 125 Å².